The molecule has 0 bridgehead atoms. The predicted molar refractivity (Wildman–Crippen MR) is 50.6 cm³/mol. The number of benzene rings is 1. The first-order chi connectivity index (χ1) is 6.65. The average Bonchev–Trinajstić information content (AvgIpc) is 2.14. The van der Waals surface area contributed by atoms with E-state index >= 15 is 0 Å². The number of nitriles is 1. The summed E-state index contributed by atoms with van der Waals surface area (Å²) in [6.45, 7) is -0.217. The van der Waals surface area contributed by atoms with E-state index in [1.807, 2.05) is 0 Å². The molecule has 0 aliphatic rings. The predicted octanol–water partition coefficient (Wildman–Crippen LogP) is 2.12. The number of aliphatic hydroxyl groups is 1. The maximum absolute atomic E-state index is 12.7. The zero-order chi connectivity index (χ0) is 10.6. The van der Waals surface area contributed by atoms with Crippen LogP contribution in [0.5, 0.6) is 0 Å². The summed E-state index contributed by atoms with van der Waals surface area (Å²) >= 11 is 3.08. The first-order valence-corrected chi connectivity index (χ1v) is 4.56. The van der Waals surface area contributed by atoms with E-state index in [4.69, 9.17) is 10.00 Å². The van der Waals surface area contributed by atoms with Crippen molar-refractivity contribution in [3.05, 3.63) is 34.1 Å². The molecule has 74 valence electrons. The zero-order valence-corrected chi connectivity index (χ0v) is 8.66. The van der Waals surface area contributed by atoms with Gasteiger partial charge in [-0.05, 0) is 18.2 Å². The lowest BCUT2D eigenvalue weighted by molar-refractivity contribution is -0.0911. The molecular formula is C9H7BrFNO2. The lowest BCUT2D eigenvalue weighted by Gasteiger charge is -2.11. The summed E-state index contributed by atoms with van der Waals surface area (Å²) < 4.78 is 17.8. The Bertz CT molecular complexity index is 364. The fourth-order valence-electron chi connectivity index (χ4n) is 0.908. The van der Waals surface area contributed by atoms with Gasteiger partial charge in [0.25, 0.3) is 0 Å². The Morgan fingerprint density at radius 2 is 2.36 bits per heavy atom. The summed E-state index contributed by atoms with van der Waals surface area (Å²) in [5.41, 5.74) is 0.390. The Labute approximate surface area is 88.9 Å². The minimum Gasteiger partial charge on any atom is -0.364 e. The van der Waals surface area contributed by atoms with Crippen LogP contribution in [0.1, 0.15) is 11.9 Å². The molecule has 0 aliphatic carbocycles. The van der Waals surface area contributed by atoms with Crippen molar-refractivity contribution >= 4 is 15.9 Å². The Kier molecular flexibility index (Phi) is 4.01. The van der Waals surface area contributed by atoms with Crippen molar-refractivity contribution in [1.29, 1.82) is 5.26 Å². The summed E-state index contributed by atoms with van der Waals surface area (Å²) in [6, 6.07) is 5.54. The standard InChI is InChI=1S/C9H7BrFNO2/c10-8-5-6(11)1-2-7(8)9(13)14-4-3-12/h1-2,5,9,13H,4H2. The van der Waals surface area contributed by atoms with Crippen LogP contribution in [0.25, 0.3) is 0 Å². The second-order valence-corrected chi connectivity index (χ2v) is 3.34. The Balaban J connectivity index is 2.80. The monoisotopic (exact) mass is 259 g/mol. The van der Waals surface area contributed by atoms with Gasteiger partial charge in [-0.25, -0.2) is 4.39 Å². The van der Waals surface area contributed by atoms with Crippen LogP contribution in [0.15, 0.2) is 22.7 Å². The number of hydrogen-bond acceptors (Lipinski definition) is 3. The van der Waals surface area contributed by atoms with E-state index in [1.165, 1.54) is 18.2 Å². The average molecular weight is 260 g/mol. The van der Waals surface area contributed by atoms with Gasteiger partial charge in [0.05, 0.1) is 6.07 Å². The van der Waals surface area contributed by atoms with Crippen molar-refractivity contribution < 1.29 is 14.2 Å². The van der Waals surface area contributed by atoms with Crippen LogP contribution >= 0.6 is 15.9 Å². The van der Waals surface area contributed by atoms with Gasteiger partial charge in [-0.15, -0.1) is 0 Å². The largest absolute Gasteiger partial charge is 0.364 e. The van der Waals surface area contributed by atoms with Gasteiger partial charge in [0.2, 0.25) is 0 Å². The molecule has 0 saturated heterocycles. The highest BCUT2D eigenvalue weighted by molar-refractivity contribution is 9.10. The van der Waals surface area contributed by atoms with E-state index in [-0.39, 0.29) is 6.61 Å². The molecule has 0 fully saturated rings. The molecule has 1 aromatic rings. The molecule has 0 aromatic heterocycles. The highest BCUT2D eigenvalue weighted by atomic mass is 79.9. The summed E-state index contributed by atoms with van der Waals surface area (Å²) in [7, 11) is 0. The SMILES string of the molecule is N#CCOC(O)c1ccc(F)cc1Br. The molecule has 0 heterocycles. The van der Waals surface area contributed by atoms with Crippen LogP contribution in [0.2, 0.25) is 0 Å². The minimum absolute atomic E-state index is 0.217. The molecule has 0 amide bonds. The molecule has 0 spiro atoms. The molecule has 0 aliphatic heterocycles. The van der Waals surface area contributed by atoms with Gasteiger partial charge in [-0.2, -0.15) is 5.26 Å². The maximum atomic E-state index is 12.7. The molecule has 1 atom stereocenters. The number of halogens is 2. The van der Waals surface area contributed by atoms with Gasteiger partial charge in [0.15, 0.2) is 6.29 Å². The third-order valence-corrected chi connectivity index (χ3v) is 2.22. The quantitative estimate of drug-likeness (QED) is 0.847. The number of rotatable bonds is 3. The van der Waals surface area contributed by atoms with Gasteiger partial charge < -0.3 is 9.84 Å². The van der Waals surface area contributed by atoms with Crippen molar-refractivity contribution in [2.75, 3.05) is 6.61 Å². The van der Waals surface area contributed by atoms with Crippen molar-refractivity contribution in [2.24, 2.45) is 0 Å². The summed E-state index contributed by atoms with van der Waals surface area (Å²) in [6.07, 6.45) is -1.22. The van der Waals surface area contributed by atoms with Crippen LogP contribution in [0.3, 0.4) is 0 Å². The fourth-order valence-corrected chi connectivity index (χ4v) is 1.45. The maximum Gasteiger partial charge on any atom is 0.183 e. The van der Waals surface area contributed by atoms with E-state index in [0.717, 1.165) is 0 Å². The molecule has 1 aromatic carbocycles. The van der Waals surface area contributed by atoms with Crippen molar-refractivity contribution in [1.82, 2.24) is 0 Å². The zero-order valence-electron chi connectivity index (χ0n) is 7.08. The van der Waals surface area contributed by atoms with Crippen LogP contribution in [-0.2, 0) is 4.74 Å². The number of ether oxygens (including phenoxy) is 1. The Morgan fingerprint density at radius 1 is 1.64 bits per heavy atom. The molecule has 0 saturated carbocycles. The fraction of sp³-hybridized carbons (Fsp3) is 0.222. The second kappa shape index (κ2) is 5.05. The topological polar surface area (TPSA) is 53.2 Å². The summed E-state index contributed by atoms with van der Waals surface area (Å²) in [5.74, 6) is -0.409. The highest BCUT2D eigenvalue weighted by Gasteiger charge is 2.11. The number of hydrogen-bond donors (Lipinski definition) is 1. The van der Waals surface area contributed by atoms with Gasteiger partial charge in [-0.3, -0.25) is 0 Å². The normalized spacial score (nSPS) is 12.1. The van der Waals surface area contributed by atoms with Crippen molar-refractivity contribution in [2.45, 2.75) is 6.29 Å². The van der Waals surface area contributed by atoms with E-state index in [1.54, 1.807) is 6.07 Å². The molecule has 1 unspecified atom stereocenters. The molecule has 1 rings (SSSR count). The van der Waals surface area contributed by atoms with E-state index < -0.39 is 12.1 Å². The lowest BCUT2D eigenvalue weighted by Crippen LogP contribution is -2.04. The van der Waals surface area contributed by atoms with Crippen LogP contribution < -0.4 is 0 Å². The van der Waals surface area contributed by atoms with Gasteiger partial charge in [-0.1, -0.05) is 15.9 Å². The van der Waals surface area contributed by atoms with Crippen LogP contribution in [-0.4, -0.2) is 11.7 Å². The number of nitrogens with zero attached hydrogens (tertiary/aromatic N) is 1. The van der Waals surface area contributed by atoms with E-state index in [2.05, 4.69) is 15.9 Å². The third-order valence-electron chi connectivity index (χ3n) is 1.53. The Morgan fingerprint density at radius 3 is 2.93 bits per heavy atom. The van der Waals surface area contributed by atoms with E-state index in [9.17, 15) is 9.50 Å². The summed E-state index contributed by atoms with van der Waals surface area (Å²) in [5, 5.41) is 17.6. The third kappa shape index (κ3) is 2.77. The smallest absolute Gasteiger partial charge is 0.183 e. The molecule has 0 radical (unpaired) electrons. The van der Waals surface area contributed by atoms with E-state index in [0.29, 0.717) is 10.0 Å². The van der Waals surface area contributed by atoms with Crippen LogP contribution in [0.4, 0.5) is 4.39 Å². The first-order valence-electron chi connectivity index (χ1n) is 3.76. The van der Waals surface area contributed by atoms with Crippen molar-refractivity contribution in [3.63, 3.8) is 0 Å². The van der Waals surface area contributed by atoms with Gasteiger partial charge in [0.1, 0.15) is 12.4 Å². The Hall–Kier alpha value is -0.960. The lowest BCUT2D eigenvalue weighted by atomic mass is 10.2. The molecule has 5 heteroatoms. The summed E-state index contributed by atoms with van der Waals surface area (Å²) in [4.78, 5) is 0. The molecular weight excluding hydrogens is 253 g/mol. The minimum atomic E-state index is -1.22. The van der Waals surface area contributed by atoms with Gasteiger partial charge >= 0.3 is 0 Å². The van der Waals surface area contributed by atoms with Gasteiger partial charge in [0, 0.05) is 10.0 Å². The second-order valence-electron chi connectivity index (χ2n) is 2.49. The van der Waals surface area contributed by atoms with Crippen molar-refractivity contribution in [3.8, 4) is 6.07 Å². The molecule has 1 N–H and O–H groups in total. The number of aliphatic hydroxyl groups excluding tert-OH is 1. The molecule has 14 heavy (non-hydrogen) atoms. The highest BCUT2D eigenvalue weighted by Crippen LogP contribution is 2.24. The first kappa shape index (κ1) is 11.1. The van der Waals surface area contributed by atoms with Crippen LogP contribution in [0, 0.1) is 17.1 Å². The molecule has 3 nitrogen and oxygen atoms in total.